The van der Waals surface area contributed by atoms with Crippen molar-refractivity contribution in [2.75, 3.05) is 7.11 Å². The first-order valence-corrected chi connectivity index (χ1v) is 6.57. The van der Waals surface area contributed by atoms with Crippen molar-refractivity contribution in [1.82, 2.24) is 4.57 Å². The second kappa shape index (κ2) is 4.98. The van der Waals surface area contributed by atoms with Crippen LogP contribution in [-0.2, 0) is 7.05 Å². The number of carboxylic acids is 1. The zero-order valence-corrected chi connectivity index (χ0v) is 11.8. The van der Waals surface area contributed by atoms with Crippen molar-refractivity contribution in [3.8, 4) is 16.9 Å². The third-order valence-electron chi connectivity index (χ3n) is 3.62. The Morgan fingerprint density at radius 2 is 1.90 bits per heavy atom. The van der Waals surface area contributed by atoms with Gasteiger partial charge in [0.1, 0.15) is 5.75 Å². The van der Waals surface area contributed by atoms with E-state index < -0.39 is 5.97 Å². The summed E-state index contributed by atoms with van der Waals surface area (Å²) in [4.78, 5) is 11.3. The first-order valence-electron chi connectivity index (χ1n) is 6.57. The van der Waals surface area contributed by atoms with Crippen LogP contribution in [0.5, 0.6) is 5.75 Å². The summed E-state index contributed by atoms with van der Waals surface area (Å²) in [6, 6.07) is 13.6. The minimum Gasteiger partial charge on any atom is -0.497 e. The molecule has 4 nitrogen and oxygen atoms in total. The van der Waals surface area contributed by atoms with E-state index in [-0.39, 0.29) is 0 Å². The summed E-state index contributed by atoms with van der Waals surface area (Å²) in [6.45, 7) is 0. The van der Waals surface area contributed by atoms with Crippen molar-refractivity contribution in [2.45, 2.75) is 0 Å². The number of hydrogen-bond acceptors (Lipinski definition) is 2. The summed E-state index contributed by atoms with van der Waals surface area (Å²) in [5.41, 5.74) is 3.18. The molecule has 21 heavy (non-hydrogen) atoms. The van der Waals surface area contributed by atoms with Gasteiger partial charge in [0.2, 0.25) is 0 Å². The molecule has 1 aromatic heterocycles. The normalized spacial score (nSPS) is 10.8. The quantitative estimate of drug-likeness (QED) is 0.798. The molecule has 1 heterocycles. The van der Waals surface area contributed by atoms with Crippen molar-refractivity contribution in [3.63, 3.8) is 0 Å². The summed E-state index contributed by atoms with van der Waals surface area (Å²) >= 11 is 0. The van der Waals surface area contributed by atoms with E-state index in [0.717, 1.165) is 27.8 Å². The van der Waals surface area contributed by atoms with E-state index in [1.54, 1.807) is 13.3 Å². The lowest BCUT2D eigenvalue weighted by atomic mass is 10.0. The number of nitrogens with zero attached hydrogens (tertiary/aromatic N) is 1. The van der Waals surface area contributed by atoms with Gasteiger partial charge in [-0.15, -0.1) is 0 Å². The summed E-state index contributed by atoms with van der Waals surface area (Å²) in [7, 11) is 3.47. The number of fused-ring (bicyclic) bond motifs is 1. The highest BCUT2D eigenvalue weighted by Gasteiger charge is 2.13. The van der Waals surface area contributed by atoms with Crippen LogP contribution < -0.4 is 4.74 Å². The van der Waals surface area contributed by atoms with Gasteiger partial charge in [-0.05, 0) is 35.4 Å². The van der Waals surface area contributed by atoms with Crippen LogP contribution in [0.15, 0.2) is 48.7 Å². The lowest BCUT2D eigenvalue weighted by Crippen LogP contribution is -1.94. The standard InChI is InChI=1S/C17H15NO3/c1-18-10-15(17(19)20)14-9-12(6-7-16(14)18)11-4-3-5-13(8-11)21-2/h3-10H,1-2H3,(H,19,20). The molecule has 0 aliphatic carbocycles. The van der Waals surface area contributed by atoms with E-state index in [9.17, 15) is 9.90 Å². The Morgan fingerprint density at radius 1 is 1.14 bits per heavy atom. The van der Waals surface area contributed by atoms with Gasteiger partial charge in [-0.3, -0.25) is 0 Å². The molecule has 0 saturated carbocycles. The van der Waals surface area contributed by atoms with Crippen LogP contribution in [0.1, 0.15) is 10.4 Å². The second-order valence-electron chi connectivity index (χ2n) is 4.92. The van der Waals surface area contributed by atoms with Crippen LogP contribution in [0.3, 0.4) is 0 Å². The maximum absolute atomic E-state index is 11.3. The first-order chi connectivity index (χ1) is 10.1. The zero-order chi connectivity index (χ0) is 15.0. The molecule has 1 N–H and O–H groups in total. The summed E-state index contributed by atoms with van der Waals surface area (Å²) in [5, 5.41) is 10.0. The maximum atomic E-state index is 11.3. The van der Waals surface area contributed by atoms with Crippen LogP contribution in [0.2, 0.25) is 0 Å². The smallest absolute Gasteiger partial charge is 0.337 e. The Balaban J connectivity index is 2.20. The van der Waals surface area contributed by atoms with E-state index >= 15 is 0 Å². The number of carboxylic acid groups (broad SMARTS) is 1. The van der Waals surface area contributed by atoms with Crippen LogP contribution in [-0.4, -0.2) is 22.8 Å². The summed E-state index contributed by atoms with van der Waals surface area (Å²) < 4.78 is 7.06. The number of rotatable bonds is 3. The van der Waals surface area contributed by atoms with Crippen molar-refractivity contribution in [2.24, 2.45) is 7.05 Å². The van der Waals surface area contributed by atoms with Gasteiger partial charge in [0, 0.05) is 24.1 Å². The van der Waals surface area contributed by atoms with Crippen molar-refractivity contribution in [1.29, 1.82) is 0 Å². The van der Waals surface area contributed by atoms with Gasteiger partial charge in [-0.2, -0.15) is 0 Å². The lowest BCUT2D eigenvalue weighted by Gasteiger charge is -2.06. The summed E-state index contributed by atoms with van der Waals surface area (Å²) in [6.07, 6.45) is 1.64. The highest BCUT2D eigenvalue weighted by Crippen LogP contribution is 2.29. The number of aromatic nitrogens is 1. The number of benzene rings is 2. The van der Waals surface area contributed by atoms with Crippen molar-refractivity contribution in [3.05, 3.63) is 54.2 Å². The molecule has 3 rings (SSSR count). The molecule has 0 aliphatic heterocycles. The van der Waals surface area contributed by atoms with Gasteiger partial charge < -0.3 is 14.4 Å². The SMILES string of the molecule is COc1cccc(-c2ccc3c(c2)c(C(=O)O)cn3C)c1. The highest BCUT2D eigenvalue weighted by atomic mass is 16.5. The Kier molecular flexibility index (Phi) is 3.14. The van der Waals surface area contributed by atoms with E-state index in [4.69, 9.17) is 4.74 Å². The van der Waals surface area contributed by atoms with Crippen molar-refractivity contribution < 1.29 is 14.6 Å². The Hall–Kier alpha value is -2.75. The number of aromatic carboxylic acids is 1. The number of aryl methyl sites for hydroxylation is 1. The van der Waals surface area contributed by atoms with Crippen LogP contribution in [0, 0.1) is 0 Å². The Bertz CT molecular complexity index is 833. The molecular weight excluding hydrogens is 266 g/mol. The maximum Gasteiger partial charge on any atom is 0.337 e. The minimum absolute atomic E-state index is 0.317. The minimum atomic E-state index is -0.914. The third kappa shape index (κ3) is 2.25. The molecule has 0 radical (unpaired) electrons. The van der Waals surface area contributed by atoms with E-state index in [1.165, 1.54) is 0 Å². The number of carbonyl (C=O) groups is 1. The Morgan fingerprint density at radius 3 is 2.62 bits per heavy atom. The molecule has 0 amide bonds. The molecule has 2 aromatic carbocycles. The fourth-order valence-electron chi connectivity index (χ4n) is 2.54. The zero-order valence-electron chi connectivity index (χ0n) is 11.8. The predicted molar refractivity (Wildman–Crippen MR) is 81.9 cm³/mol. The molecule has 4 heteroatoms. The Labute approximate surface area is 122 Å². The van der Waals surface area contributed by atoms with Gasteiger partial charge in [0.05, 0.1) is 12.7 Å². The van der Waals surface area contributed by atoms with Crippen molar-refractivity contribution >= 4 is 16.9 Å². The molecule has 0 fully saturated rings. The monoisotopic (exact) mass is 281 g/mol. The fourth-order valence-corrected chi connectivity index (χ4v) is 2.54. The van der Waals surface area contributed by atoms with Gasteiger partial charge in [0.15, 0.2) is 0 Å². The number of methoxy groups -OCH3 is 1. The average molecular weight is 281 g/mol. The fraction of sp³-hybridized carbons (Fsp3) is 0.118. The molecular formula is C17H15NO3. The molecule has 0 atom stereocenters. The van der Waals surface area contributed by atoms with E-state index in [0.29, 0.717) is 5.56 Å². The second-order valence-corrected chi connectivity index (χ2v) is 4.92. The molecule has 0 spiro atoms. The molecule has 0 bridgehead atoms. The number of hydrogen-bond donors (Lipinski definition) is 1. The van der Waals surface area contributed by atoms with E-state index in [2.05, 4.69) is 0 Å². The molecule has 3 aromatic rings. The van der Waals surface area contributed by atoms with E-state index in [1.807, 2.05) is 54.1 Å². The van der Waals surface area contributed by atoms with Gasteiger partial charge in [-0.25, -0.2) is 4.79 Å². The summed E-state index contributed by atoms with van der Waals surface area (Å²) in [5.74, 6) is -0.137. The molecule has 0 unspecified atom stereocenters. The molecule has 106 valence electrons. The van der Waals surface area contributed by atoms with Gasteiger partial charge >= 0.3 is 5.97 Å². The highest BCUT2D eigenvalue weighted by molar-refractivity contribution is 6.04. The first kappa shape index (κ1) is 13.2. The molecule has 0 aliphatic rings. The topological polar surface area (TPSA) is 51.5 Å². The van der Waals surface area contributed by atoms with Crippen LogP contribution in [0.25, 0.3) is 22.0 Å². The van der Waals surface area contributed by atoms with Gasteiger partial charge in [-0.1, -0.05) is 18.2 Å². The predicted octanol–water partition coefficient (Wildman–Crippen LogP) is 3.55. The van der Waals surface area contributed by atoms with Gasteiger partial charge in [0.25, 0.3) is 0 Å². The molecule has 0 saturated heterocycles. The third-order valence-corrected chi connectivity index (χ3v) is 3.62. The average Bonchev–Trinajstić information content (AvgIpc) is 2.84. The lowest BCUT2D eigenvalue weighted by molar-refractivity contribution is 0.0699. The largest absolute Gasteiger partial charge is 0.497 e. The number of ether oxygens (including phenoxy) is 1. The van der Waals surface area contributed by atoms with Crippen LogP contribution in [0.4, 0.5) is 0 Å². The van der Waals surface area contributed by atoms with Crippen LogP contribution >= 0.6 is 0 Å².